The van der Waals surface area contributed by atoms with Crippen molar-refractivity contribution >= 4 is 22.9 Å². The Balaban J connectivity index is 1.64. The van der Waals surface area contributed by atoms with Crippen LogP contribution in [0.4, 0.5) is 0 Å². The number of halogens is 1. The van der Waals surface area contributed by atoms with Gasteiger partial charge in [0.15, 0.2) is 11.5 Å². The Morgan fingerprint density at radius 3 is 3.00 bits per heavy atom. The maximum atomic E-state index is 10.2. The summed E-state index contributed by atoms with van der Waals surface area (Å²) in [6.45, 7) is 2.08. The van der Waals surface area contributed by atoms with Crippen molar-refractivity contribution in [2.24, 2.45) is 0 Å². The second kappa shape index (κ2) is 6.58. The number of alkyl halides is 1. The number of rotatable bonds is 4. The average Bonchev–Trinajstić information content (AvgIpc) is 2.99. The topological polar surface area (TPSA) is 32.7 Å². The van der Waals surface area contributed by atoms with Gasteiger partial charge in [0.25, 0.3) is 0 Å². The summed E-state index contributed by atoms with van der Waals surface area (Å²) >= 11 is 7.78. The number of ether oxygens (including phenoxy) is 1. The molecule has 1 atom stereocenters. The number of thiophene rings is 1. The highest BCUT2D eigenvalue weighted by Gasteiger charge is 2.33. The molecule has 3 nitrogen and oxygen atoms in total. The molecule has 0 radical (unpaired) electrons. The molecule has 1 N–H and O–H groups in total. The number of fused-ring (bicyclic) bond motifs is 4. The maximum absolute atomic E-state index is 10.2. The summed E-state index contributed by atoms with van der Waals surface area (Å²) < 4.78 is 5.27. The highest BCUT2D eigenvalue weighted by Crippen LogP contribution is 2.43. The second-order valence-corrected chi connectivity index (χ2v) is 8.22. The van der Waals surface area contributed by atoms with E-state index in [9.17, 15) is 5.11 Å². The van der Waals surface area contributed by atoms with Crippen LogP contribution in [0.25, 0.3) is 0 Å². The first-order valence-corrected chi connectivity index (χ1v) is 9.85. The number of aromatic hydroxyl groups is 1. The molecule has 2 aromatic rings. The molecule has 128 valence electrons. The molecule has 0 fully saturated rings. The van der Waals surface area contributed by atoms with Gasteiger partial charge in [-0.3, -0.25) is 4.90 Å². The summed E-state index contributed by atoms with van der Waals surface area (Å²) in [5, 5.41) is 10.2. The van der Waals surface area contributed by atoms with Gasteiger partial charge in [-0.15, -0.1) is 22.9 Å². The molecule has 2 aliphatic heterocycles. The molecule has 0 saturated carbocycles. The molecule has 24 heavy (non-hydrogen) atoms. The number of phenols is 1. The third-order valence-electron chi connectivity index (χ3n) is 5.17. The van der Waals surface area contributed by atoms with Gasteiger partial charge in [-0.2, -0.15) is 0 Å². The number of benzene rings is 1. The monoisotopic (exact) mass is 363 g/mol. The van der Waals surface area contributed by atoms with Crippen LogP contribution in [0.2, 0.25) is 0 Å². The van der Waals surface area contributed by atoms with E-state index >= 15 is 0 Å². The first kappa shape index (κ1) is 16.2. The Labute approximate surface area is 151 Å². The van der Waals surface area contributed by atoms with Crippen LogP contribution in [0.15, 0.2) is 18.2 Å². The summed E-state index contributed by atoms with van der Waals surface area (Å²) in [5.74, 6) is 1.56. The Morgan fingerprint density at radius 1 is 1.33 bits per heavy atom. The van der Waals surface area contributed by atoms with E-state index in [4.69, 9.17) is 16.3 Å². The first-order valence-electron chi connectivity index (χ1n) is 8.50. The van der Waals surface area contributed by atoms with Crippen LogP contribution in [-0.2, 0) is 25.8 Å². The van der Waals surface area contributed by atoms with Crippen molar-refractivity contribution < 1.29 is 9.84 Å². The van der Waals surface area contributed by atoms with Gasteiger partial charge in [-0.05, 0) is 54.2 Å². The van der Waals surface area contributed by atoms with Crippen molar-refractivity contribution in [2.75, 3.05) is 19.5 Å². The largest absolute Gasteiger partial charge is 0.504 e. The Kier molecular flexibility index (Phi) is 4.46. The zero-order chi connectivity index (χ0) is 16.7. The third-order valence-corrected chi connectivity index (χ3v) is 6.69. The van der Waals surface area contributed by atoms with E-state index in [1.165, 1.54) is 26.4 Å². The summed E-state index contributed by atoms with van der Waals surface area (Å²) in [4.78, 5) is 5.51. The minimum atomic E-state index is 0.248. The normalized spacial score (nSPS) is 19.5. The molecule has 1 aromatic heterocycles. The molecule has 1 aromatic carbocycles. The van der Waals surface area contributed by atoms with Gasteiger partial charge in [0.1, 0.15) is 0 Å². The highest BCUT2D eigenvalue weighted by atomic mass is 35.5. The van der Waals surface area contributed by atoms with Gasteiger partial charge >= 0.3 is 0 Å². The molecular formula is C19H22ClNO2S. The van der Waals surface area contributed by atoms with Crippen molar-refractivity contribution in [3.05, 3.63) is 44.6 Å². The van der Waals surface area contributed by atoms with Crippen molar-refractivity contribution in [3.63, 3.8) is 0 Å². The van der Waals surface area contributed by atoms with E-state index in [-0.39, 0.29) is 5.75 Å². The molecule has 0 amide bonds. The van der Waals surface area contributed by atoms with Gasteiger partial charge in [0.2, 0.25) is 0 Å². The quantitative estimate of drug-likeness (QED) is 0.822. The van der Waals surface area contributed by atoms with Gasteiger partial charge in [0.05, 0.1) is 7.11 Å². The number of hydrogen-bond donors (Lipinski definition) is 1. The van der Waals surface area contributed by atoms with Crippen LogP contribution >= 0.6 is 22.9 Å². The zero-order valence-corrected chi connectivity index (χ0v) is 15.4. The van der Waals surface area contributed by atoms with E-state index in [2.05, 4.69) is 11.0 Å². The van der Waals surface area contributed by atoms with Crippen molar-refractivity contribution in [1.82, 2.24) is 4.90 Å². The molecule has 2 aliphatic rings. The second-order valence-electron chi connectivity index (χ2n) is 6.62. The van der Waals surface area contributed by atoms with Gasteiger partial charge in [-0.1, -0.05) is 0 Å². The van der Waals surface area contributed by atoms with E-state index in [0.29, 0.717) is 11.8 Å². The van der Waals surface area contributed by atoms with E-state index < -0.39 is 0 Å². The van der Waals surface area contributed by atoms with Gasteiger partial charge < -0.3 is 9.84 Å². The summed E-state index contributed by atoms with van der Waals surface area (Å²) in [6, 6.07) is 6.68. The number of nitrogens with zero attached hydrogens (tertiary/aromatic N) is 1. The van der Waals surface area contributed by atoms with E-state index in [1.807, 2.05) is 23.5 Å². The Morgan fingerprint density at radius 2 is 2.21 bits per heavy atom. The minimum Gasteiger partial charge on any atom is -0.504 e. The van der Waals surface area contributed by atoms with Crippen LogP contribution < -0.4 is 4.74 Å². The number of phenolic OH excluding ortho intramolecular Hbond substituents is 1. The molecule has 0 aliphatic carbocycles. The lowest BCUT2D eigenvalue weighted by Gasteiger charge is -2.40. The predicted octanol–water partition coefficient (Wildman–Crippen LogP) is 4.29. The van der Waals surface area contributed by atoms with Crippen LogP contribution in [0, 0.1) is 0 Å². The lowest BCUT2D eigenvalue weighted by molar-refractivity contribution is 0.162. The molecule has 3 heterocycles. The Hall–Kier alpha value is -1.23. The molecule has 0 spiro atoms. The van der Waals surface area contributed by atoms with Gasteiger partial charge in [0, 0.05) is 41.2 Å². The maximum Gasteiger partial charge on any atom is 0.160 e. The fourth-order valence-electron chi connectivity index (χ4n) is 3.96. The fraction of sp³-hybridized carbons (Fsp3) is 0.474. The first-order chi connectivity index (χ1) is 11.7. The highest BCUT2D eigenvalue weighted by molar-refractivity contribution is 7.12. The number of hydrogen-bond acceptors (Lipinski definition) is 4. The van der Waals surface area contributed by atoms with E-state index in [1.54, 1.807) is 7.11 Å². The lowest BCUT2D eigenvalue weighted by atomic mass is 9.86. The average molecular weight is 364 g/mol. The standard InChI is InChI=1S/C19H22ClNO2S/c1-23-18-8-12-4-6-21-11-13-7-14(3-2-5-20)24-19(13)10-16(21)15(12)9-17(18)22/h7-9,16,22H,2-6,10-11H2,1H3/t16-/m0/s1. The SMILES string of the molecule is COc1cc2c(cc1O)[C@@H]1Cc3sc(CCCCl)cc3CN1CC2. The van der Waals surface area contributed by atoms with Crippen LogP contribution in [-0.4, -0.2) is 29.5 Å². The van der Waals surface area contributed by atoms with Crippen molar-refractivity contribution in [1.29, 1.82) is 0 Å². The Bertz CT molecular complexity index is 758. The number of methoxy groups -OCH3 is 1. The zero-order valence-electron chi connectivity index (χ0n) is 13.8. The third kappa shape index (κ3) is 2.81. The van der Waals surface area contributed by atoms with Crippen LogP contribution in [0.5, 0.6) is 11.5 Å². The van der Waals surface area contributed by atoms with Crippen molar-refractivity contribution in [3.8, 4) is 11.5 Å². The van der Waals surface area contributed by atoms with Gasteiger partial charge in [-0.25, -0.2) is 0 Å². The number of aryl methyl sites for hydroxylation is 1. The minimum absolute atomic E-state index is 0.248. The molecule has 0 bridgehead atoms. The molecule has 0 unspecified atom stereocenters. The molecule has 5 heteroatoms. The van der Waals surface area contributed by atoms with E-state index in [0.717, 1.165) is 44.7 Å². The summed E-state index contributed by atoms with van der Waals surface area (Å²) in [7, 11) is 1.61. The smallest absolute Gasteiger partial charge is 0.160 e. The van der Waals surface area contributed by atoms with Crippen LogP contribution in [0.3, 0.4) is 0 Å². The molecular weight excluding hydrogens is 342 g/mol. The lowest BCUT2D eigenvalue weighted by Crippen LogP contribution is -2.38. The van der Waals surface area contributed by atoms with Crippen molar-refractivity contribution in [2.45, 2.75) is 38.3 Å². The summed E-state index contributed by atoms with van der Waals surface area (Å²) in [5.41, 5.74) is 4.07. The van der Waals surface area contributed by atoms with Crippen LogP contribution in [0.1, 0.15) is 38.9 Å². The fourth-order valence-corrected chi connectivity index (χ4v) is 5.35. The molecule has 0 saturated heterocycles. The summed E-state index contributed by atoms with van der Waals surface area (Å²) in [6.07, 6.45) is 4.19. The molecule has 4 rings (SSSR count). The predicted molar refractivity (Wildman–Crippen MR) is 98.6 cm³/mol.